The highest BCUT2D eigenvalue weighted by Crippen LogP contribution is 2.40. The van der Waals surface area contributed by atoms with Gasteiger partial charge in [0.15, 0.2) is 0 Å². The van der Waals surface area contributed by atoms with Crippen LogP contribution < -0.4 is 5.73 Å². The second-order valence-corrected chi connectivity index (χ2v) is 5.15. The van der Waals surface area contributed by atoms with Crippen LogP contribution >= 0.6 is 0 Å². The summed E-state index contributed by atoms with van der Waals surface area (Å²) in [6.07, 6.45) is 4.00. The molecule has 6 heteroatoms. The van der Waals surface area contributed by atoms with Gasteiger partial charge in [0, 0.05) is 6.04 Å². The number of carbonyl (C=O) groups is 3. The summed E-state index contributed by atoms with van der Waals surface area (Å²) in [5, 5.41) is 9.20. The van der Waals surface area contributed by atoms with Gasteiger partial charge in [0.05, 0.1) is 0 Å². The summed E-state index contributed by atoms with van der Waals surface area (Å²) < 4.78 is 0. The minimum absolute atomic E-state index is 0.0216. The predicted molar refractivity (Wildman–Crippen MR) is 62.4 cm³/mol. The van der Waals surface area contributed by atoms with Crippen molar-refractivity contribution in [1.82, 2.24) is 4.90 Å². The van der Waals surface area contributed by atoms with Gasteiger partial charge >= 0.3 is 5.97 Å². The second-order valence-electron chi connectivity index (χ2n) is 5.15. The van der Waals surface area contributed by atoms with Crippen molar-refractivity contribution >= 4 is 17.8 Å². The van der Waals surface area contributed by atoms with E-state index < -0.39 is 30.2 Å². The van der Waals surface area contributed by atoms with Crippen molar-refractivity contribution in [3.8, 4) is 0 Å². The van der Waals surface area contributed by atoms with E-state index in [0.717, 1.165) is 25.7 Å². The quantitative estimate of drug-likeness (QED) is 0.698. The largest absolute Gasteiger partial charge is 0.480 e. The molecule has 0 spiro atoms. The van der Waals surface area contributed by atoms with Crippen LogP contribution in [0.15, 0.2) is 0 Å². The van der Waals surface area contributed by atoms with E-state index >= 15 is 0 Å². The first kappa shape index (κ1) is 12.9. The first-order valence-corrected chi connectivity index (χ1v) is 6.33. The first-order valence-electron chi connectivity index (χ1n) is 6.33. The van der Waals surface area contributed by atoms with Crippen LogP contribution in [0.1, 0.15) is 38.5 Å². The number of nitrogens with two attached hydrogens (primary N) is 1. The Morgan fingerprint density at radius 3 is 2.50 bits per heavy atom. The molecule has 0 bridgehead atoms. The fourth-order valence-corrected chi connectivity index (χ4v) is 3.28. The Hall–Kier alpha value is -1.59. The van der Waals surface area contributed by atoms with E-state index in [1.165, 1.54) is 4.90 Å². The molecule has 1 saturated carbocycles. The normalized spacial score (nSPS) is 30.9. The van der Waals surface area contributed by atoms with Crippen molar-refractivity contribution in [2.24, 2.45) is 11.7 Å². The minimum Gasteiger partial charge on any atom is -0.480 e. The van der Waals surface area contributed by atoms with Gasteiger partial charge in [-0.15, -0.1) is 0 Å². The Morgan fingerprint density at radius 1 is 1.22 bits per heavy atom. The highest BCUT2D eigenvalue weighted by molar-refractivity contribution is 5.98. The molecular formula is C12H18N2O4. The number of aliphatic carboxylic acids is 1. The summed E-state index contributed by atoms with van der Waals surface area (Å²) in [7, 11) is 0. The van der Waals surface area contributed by atoms with Crippen LogP contribution in [0.5, 0.6) is 0 Å². The molecule has 3 atom stereocenters. The van der Waals surface area contributed by atoms with Crippen LogP contribution in [-0.4, -0.2) is 39.9 Å². The number of fused-ring (bicyclic) bond motifs is 1. The zero-order valence-electron chi connectivity index (χ0n) is 10.2. The van der Waals surface area contributed by atoms with Crippen molar-refractivity contribution in [3.05, 3.63) is 0 Å². The number of carboxylic acid groups (broad SMARTS) is 1. The molecule has 18 heavy (non-hydrogen) atoms. The van der Waals surface area contributed by atoms with Gasteiger partial charge in [-0.3, -0.25) is 9.59 Å². The van der Waals surface area contributed by atoms with Crippen LogP contribution in [0, 0.1) is 5.92 Å². The zero-order chi connectivity index (χ0) is 13.3. The van der Waals surface area contributed by atoms with Gasteiger partial charge in [-0.1, -0.05) is 12.8 Å². The molecule has 2 aliphatic rings. The van der Waals surface area contributed by atoms with Crippen molar-refractivity contribution in [3.63, 3.8) is 0 Å². The van der Waals surface area contributed by atoms with Crippen LogP contribution in [0.4, 0.5) is 0 Å². The maximum Gasteiger partial charge on any atom is 0.326 e. The number of nitrogens with zero attached hydrogens (tertiary/aromatic N) is 1. The number of hydrogen-bond donors (Lipinski definition) is 2. The van der Waals surface area contributed by atoms with Crippen molar-refractivity contribution < 1.29 is 19.5 Å². The molecule has 2 fully saturated rings. The van der Waals surface area contributed by atoms with Crippen LogP contribution in [0.2, 0.25) is 0 Å². The number of primary amides is 1. The lowest BCUT2D eigenvalue weighted by atomic mass is 9.84. The fourth-order valence-electron chi connectivity index (χ4n) is 3.28. The van der Waals surface area contributed by atoms with E-state index in [9.17, 15) is 19.5 Å². The van der Waals surface area contributed by atoms with Gasteiger partial charge in [-0.05, 0) is 25.2 Å². The Balaban J connectivity index is 2.18. The molecule has 1 saturated heterocycles. The SMILES string of the molecule is NC(=O)CC(=O)N1C(C(=O)O)CC2CCCCC21. The number of rotatable bonds is 3. The van der Waals surface area contributed by atoms with Gasteiger partial charge in [0.2, 0.25) is 11.8 Å². The highest BCUT2D eigenvalue weighted by atomic mass is 16.4. The van der Waals surface area contributed by atoms with Gasteiger partial charge in [0.25, 0.3) is 0 Å². The van der Waals surface area contributed by atoms with E-state index in [4.69, 9.17) is 5.73 Å². The Kier molecular flexibility index (Phi) is 3.54. The third kappa shape index (κ3) is 2.32. The molecule has 2 rings (SSSR count). The molecule has 3 unspecified atom stereocenters. The van der Waals surface area contributed by atoms with Crippen LogP contribution in [0.25, 0.3) is 0 Å². The number of amides is 2. The third-order valence-electron chi connectivity index (χ3n) is 3.99. The predicted octanol–water partition coefficient (Wildman–Crippen LogP) is 0.106. The zero-order valence-corrected chi connectivity index (χ0v) is 10.2. The average Bonchev–Trinajstić information content (AvgIpc) is 2.67. The standard InChI is InChI=1S/C12H18N2O4/c13-10(15)6-11(16)14-8-4-2-1-3-7(8)5-9(14)12(17)18/h7-9H,1-6H2,(H2,13,15)(H,17,18). The lowest BCUT2D eigenvalue weighted by Crippen LogP contribution is -2.47. The van der Waals surface area contributed by atoms with Gasteiger partial charge in [-0.25, -0.2) is 4.79 Å². The minimum atomic E-state index is -0.984. The second kappa shape index (κ2) is 4.96. The summed E-state index contributed by atoms with van der Waals surface area (Å²) >= 11 is 0. The molecule has 2 amide bonds. The van der Waals surface area contributed by atoms with Crippen molar-refractivity contribution in [2.75, 3.05) is 0 Å². The van der Waals surface area contributed by atoms with Gasteiger partial charge in [-0.2, -0.15) is 0 Å². The molecule has 3 N–H and O–H groups in total. The molecule has 0 aromatic rings. The van der Waals surface area contributed by atoms with Crippen LogP contribution in [0.3, 0.4) is 0 Å². The van der Waals surface area contributed by atoms with E-state index in [-0.39, 0.29) is 12.0 Å². The third-order valence-corrected chi connectivity index (χ3v) is 3.99. The maximum absolute atomic E-state index is 12.0. The molecule has 100 valence electrons. The maximum atomic E-state index is 12.0. The molecule has 0 aromatic heterocycles. The molecule has 0 radical (unpaired) electrons. The van der Waals surface area contributed by atoms with E-state index in [0.29, 0.717) is 6.42 Å². The summed E-state index contributed by atoms with van der Waals surface area (Å²) in [6.45, 7) is 0. The number of carboxylic acids is 1. The molecule has 1 aliphatic heterocycles. The Labute approximate surface area is 105 Å². The molecule has 1 aliphatic carbocycles. The van der Waals surface area contributed by atoms with Gasteiger partial charge in [0.1, 0.15) is 12.5 Å². The number of carbonyl (C=O) groups excluding carboxylic acids is 2. The van der Waals surface area contributed by atoms with E-state index in [1.54, 1.807) is 0 Å². The average molecular weight is 254 g/mol. The molecule has 6 nitrogen and oxygen atoms in total. The Bertz CT molecular complexity index is 382. The van der Waals surface area contributed by atoms with E-state index in [1.807, 2.05) is 0 Å². The monoisotopic (exact) mass is 254 g/mol. The summed E-state index contributed by atoms with van der Waals surface area (Å²) in [5.41, 5.74) is 5.02. The lowest BCUT2D eigenvalue weighted by molar-refractivity contribution is -0.150. The lowest BCUT2D eigenvalue weighted by Gasteiger charge is -2.32. The van der Waals surface area contributed by atoms with Crippen molar-refractivity contribution in [1.29, 1.82) is 0 Å². The van der Waals surface area contributed by atoms with Crippen molar-refractivity contribution in [2.45, 2.75) is 50.6 Å². The van der Waals surface area contributed by atoms with E-state index in [2.05, 4.69) is 0 Å². The summed E-state index contributed by atoms with van der Waals surface area (Å²) in [5.74, 6) is -1.87. The Morgan fingerprint density at radius 2 is 1.89 bits per heavy atom. The summed E-state index contributed by atoms with van der Waals surface area (Å²) in [4.78, 5) is 35.5. The smallest absolute Gasteiger partial charge is 0.326 e. The van der Waals surface area contributed by atoms with Gasteiger partial charge < -0.3 is 15.7 Å². The topological polar surface area (TPSA) is 101 Å². The fraction of sp³-hybridized carbons (Fsp3) is 0.750. The summed E-state index contributed by atoms with van der Waals surface area (Å²) in [6, 6.07) is -0.809. The van der Waals surface area contributed by atoms with Crippen LogP contribution in [-0.2, 0) is 14.4 Å². The number of likely N-dealkylation sites (tertiary alicyclic amines) is 1. The first-order chi connectivity index (χ1) is 8.50. The number of hydrogen-bond acceptors (Lipinski definition) is 3. The molecule has 1 heterocycles. The molecular weight excluding hydrogens is 236 g/mol. The highest BCUT2D eigenvalue weighted by Gasteiger charge is 2.47. The molecule has 0 aromatic carbocycles.